The van der Waals surface area contributed by atoms with E-state index in [1.165, 1.54) is 0 Å². The summed E-state index contributed by atoms with van der Waals surface area (Å²) in [5, 5.41) is 4.88. The first kappa shape index (κ1) is 15.8. The van der Waals surface area contributed by atoms with Crippen molar-refractivity contribution >= 4 is 23.4 Å². The molecule has 0 saturated carbocycles. The smallest absolute Gasteiger partial charge is 0.0834 e. The Morgan fingerprint density at radius 2 is 2.22 bits per heavy atom. The van der Waals surface area contributed by atoms with Gasteiger partial charge in [0.25, 0.3) is 0 Å². The van der Waals surface area contributed by atoms with Crippen molar-refractivity contribution in [2.75, 3.05) is 25.2 Å². The van der Waals surface area contributed by atoms with Gasteiger partial charge in [-0.05, 0) is 11.7 Å². The molecule has 18 heavy (non-hydrogen) atoms. The van der Waals surface area contributed by atoms with Gasteiger partial charge in [-0.3, -0.25) is 4.68 Å². The zero-order valence-electron chi connectivity index (χ0n) is 11.2. The summed E-state index contributed by atoms with van der Waals surface area (Å²) in [6.07, 6.45) is 1.65. The standard InChI is InChI=1S/C12H22ClN3OS/c1-9(2)7-18-8-11(14)12-10(13)6-15-16(12)4-5-17-3/h6,9,11H,4-5,7-8,14H2,1-3H3. The van der Waals surface area contributed by atoms with E-state index in [0.29, 0.717) is 24.1 Å². The molecule has 0 aromatic carbocycles. The van der Waals surface area contributed by atoms with Crippen LogP contribution >= 0.6 is 23.4 Å². The number of nitrogens with two attached hydrogens (primary N) is 1. The zero-order chi connectivity index (χ0) is 13.5. The fraction of sp³-hybridized carbons (Fsp3) is 0.750. The van der Waals surface area contributed by atoms with E-state index in [1.807, 2.05) is 16.4 Å². The van der Waals surface area contributed by atoms with E-state index in [4.69, 9.17) is 22.1 Å². The summed E-state index contributed by atoms with van der Waals surface area (Å²) < 4.78 is 6.89. The van der Waals surface area contributed by atoms with Gasteiger partial charge in [0.15, 0.2) is 0 Å². The number of methoxy groups -OCH3 is 1. The SMILES string of the molecule is COCCn1ncc(Cl)c1C(N)CSCC(C)C. The molecule has 104 valence electrons. The maximum atomic E-state index is 6.19. The number of halogens is 1. The molecule has 0 aliphatic carbocycles. The first-order valence-corrected chi connectivity index (χ1v) is 7.63. The van der Waals surface area contributed by atoms with Crippen molar-refractivity contribution in [2.24, 2.45) is 11.7 Å². The highest BCUT2D eigenvalue weighted by Crippen LogP contribution is 2.24. The van der Waals surface area contributed by atoms with Crippen molar-refractivity contribution in [1.82, 2.24) is 9.78 Å². The number of ether oxygens (including phenoxy) is 1. The zero-order valence-corrected chi connectivity index (χ0v) is 12.8. The van der Waals surface area contributed by atoms with Gasteiger partial charge in [0, 0.05) is 12.9 Å². The van der Waals surface area contributed by atoms with Crippen LogP contribution in [0, 0.1) is 5.92 Å². The minimum absolute atomic E-state index is 0.0828. The molecular formula is C12H22ClN3OS. The molecule has 6 heteroatoms. The Morgan fingerprint density at radius 3 is 2.83 bits per heavy atom. The Hall–Kier alpha value is -0.230. The number of aromatic nitrogens is 2. The highest BCUT2D eigenvalue weighted by Gasteiger charge is 2.16. The van der Waals surface area contributed by atoms with Gasteiger partial charge in [-0.1, -0.05) is 25.4 Å². The van der Waals surface area contributed by atoms with Gasteiger partial charge in [-0.25, -0.2) is 0 Å². The second-order valence-corrected chi connectivity index (χ2v) is 6.11. The van der Waals surface area contributed by atoms with E-state index < -0.39 is 0 Å². The number of thioether (sulfide) groups is 1. The number of hydrogen-bond donors (Lipinski definition) is 1. The topological polar surface area (TPSA) is 53.1 Å². The van der Waals surface area contributed by atoms with Crippen LogP contribution in [0.25, 0.3) is 0 Å². The third-order valence-electron chi connectivity index (χ3n) is 2.44. The molecule has 1 rings (SSSR count). The Labute approximate surface area is 118 Å². The fourth-order valence-corrected chi connectivity index (χ4v) is 2.91. The lowest BCUT2D eigenvalue weighted by atomic mass is 10.2. The first-order chi connectivity index (χ1) is 8.56. The van der Waals surface area contributed by atoms with Gasteiger partial charge in [0.2, 0.25) is 0 Å². The predicted octanol–water partition coefficient (Wildman–Crippen LogP) is 2.57. The molecule has 0 bridgehead atoms. The summed E-state index contributed by atoms with van der Waals surface area (Å²) in [5.74, 6) is 2.64. The van der Waals surface area contributed by atoms with Crippen molar-refractivity contribution in [2.45, 2.75) is 26.4 Å². The van der Waals surface area contributed by atoms with Crippen LogP contribution in [0.4, 0.5) is 0 Å². The molecule has 0 aliphatic rings. The van der Waals surface area contributed by atoms with Crippen LogP contribution in [0.2, 0.25) is 5.02 Å². The average molecular weight is 292 g/mol. The van der Waals surface area contributed by atoms with E-state index in [2.05, 4.69) is 18.9 Å². The average Bonchev–Trinajstić information content (AvgIpc) is 2.67. The largest absolute Gasteiger partial charge is 0.383 e. The quantitative estimate of drug-likeness (QED) is 0.800. The van der Waals surface area contributed by atoms with Crippen molar-refractivity contribution in [1.29, 1.82) is 0 Å². The van der Waals surface area contributed by atoms with E-state index in [1.54, 1.807) is 13.3 Å². The van der Waals surface area contributed by atoms with Crippen molar-refractivity contribution < 1.29 is 4.74 Å². The predicted molar refractivity (Wildman–Crippen MR) is 78.2 cm³/mol. The number of rotatable bonds is 8. The fourth-order valence-electron chi connectivity index (χ4n) is 1.61. The molecule has 0 aliphatic heterocycles. The molecule has 1 heterocycles. The molecule has 2 N–H and O–H groups in total. The van der Waals surface area contributed by atoms with Crippen LogP contribution in [-0.2, 0) is 11.3 Å². The van der Waals surface area contributed by atoms with Gasteiger partial charge in [0.05, 0.1) is 36.1 Å². The third-order valence-corrected chi connectivity index (χ3v) is 4.23. The van der Waals surface area contributed by atoms with Gasteiger partial charge in [-0.15, -0.1) is 0 Å². The molecule has 1 aromatic heterocycles. The normalized spacial score (nSPS) is 13.2. The third kappa shape index (κ3) is 4.80. The second-order valence-electron chi connectivity index (χ2n) is 4.63. The molecule has 1 unspecified atom stereocenters. The van der Waals surface area contributed by atoms with Crippen molar-refractivity contribution in [3.63, 3.8) is 0 Å². The van der Waals surface area contributed by atoms with Gasteiger partial charge in [-0.2, -0.15) is 16.9 Å². The maximum Gasteiger partial charge on any atom is 0.0834 e. The molecule has 1 aromatic rings. The van der Waals surface area contributed by atoms with Gasteiger partial charge < -0.3 is 10.5 Å². The summed E-state index contributed by atoms with van der Waals surface area (Å²) in [6, 6.07) is -0.0828. The highest BCUT2D eigenvalue weighted by molar-refractivity contribution is 7.99. The van der Waals surface area contributed by atoms with E-state index in [9.17, 15) is 0 Å². The van der Waals surface area contributed by atoms with Crippen LogP contribution in [0.1, 0.15) is 25.6 Å². The summed E-state index contributed by atoms with van der Waals surface area (Å²) in [4.78, 5) is 0. The molecule has 1 atom stereocenters. The number of hydrogen-bond acceptors (Lipinski definition) is 4. The lowest BCUT2D eigenvalue weighted by molar-refractivity contribution is 0.182. The first-order valence-electron chi connectivity index (χ1n) is 6.09. The van der Waals surface area contributed by atoms with Gasteiger partial charge in [0.1, 0.15) is 0 Å². The molecule has 0 amide bonds. The van der Waals surface area contributed by atoms with E-state index >= 15 is 0 Å². The van der Waals surface area contributed by atoms with Crippen LogP contribution < -0.4 is 5.73 Å². The van der Waals surface area contributed by atoms with Crippen LogP contribution in [-0.4, -0.2) is 35.0 Å². The van der Waals surface area contributed by atoms with Crippen molar-refractivity contribution in [3.05, 3.63) is 16.9 Å². The summed E-state index contributed by atoms with van der Waals surface area (Å²) in [7, 11) is 1.67. The lowest BCUT2D eigenvalue weighted by Crippen LogP contribution is -2.20. The number of nitrogens with zero attached hydrogens (tertiary/aromatic N) is 2. The highest BCUT2D eigenvalue weighted by atomic mass is 35.5. The lowest BCUT2D eigenvalue weighted by Gasteiger charge is -2.15. The Bertz CT molecular complexity index is 357. The summed E-state index contributed by atoms with van der Waals surface area (Å²) in [6.45, 7) is 5.70. The van der Waals surface area contributed by atoms with Crippen LogP contribution in [0.3, 0.4) is 0 Å². The van der Waals surface area contributed by atoms with Crippen LogP contribution in [0.5, 0.6) is 0 Å². The molecule has 0 spiro atoms. The molecule has 0 fully saturated rings. The van der Waals surface area contributed by atoms with E-state index in [0.717, 1.165) is 17.2 Å². The maximum absolute atomic E-state index is 6.19. The molecular weight excluding hydrogens is 270 g/mol. The minimum Gasteiger partial charge on any atom is -0.383 e. The van der Waals surface area contributed by atoms with E-state index in [-0.39, 0.29) is 6.04 Å². The second kappa shape index (κ2) is 8.04. The Balaban J connectivity index is 2.59. The monoisotopic (exact) mass is 291 g/mol. The Kier molecular flexibility index (Phi) is 7.07. The molecule has 0 saturated heterocycles. The molecule has 0 radical (unpaired) electrons. The van der Waals surface area contributed by atoms with Gasteiger partial charge >= 0.3 is 0 Å². The molecule has 4 nitrogen and oxygen atoms in total. The summed E-state index contributed by atoms with van der Waals surface area (Å²) >= 11 is 8.00. The summed E-state index contributed by atoms with van der Waals surface area (Å²) in [5.41, 5.74) is 7.10. The Morgan fingerprint density at radius 1 is 1.50 bits per heavy atom. The van der Waals surface area contributed by atoms with Crippen molar-refractivity contribution in [3.8, 4) is 0 Å². The minimum atomic E-state index is -0.0828. The van der Waals surface area contributed by atoms with Crippen LogP contribution in [0.15, 0.2) is 6.20 Å².